The molecule has 8 heteroatoms. The van der Waals surface area contributed by atoms with E-state index in [1.54, 1.807) is 19.2 Å². The van der Waals surface area contributed by atoms with Gasteiger partial charge in [-0.05, 0) is 30.7 Å². The molecule has 100 valence electrons. The Balaban J connectivity index is 2.29. The lowest BCUT2D eigenvalue weighted by molar-refractivity contribution is 0.0656. The molecule has 0 fully saturated rings. The fourth-order valence-electron chi connectivity index (χ4n) is 1.40. The minimum absolute atomic E-state index is 0.272. The van der Waals surface area contributed by atoms with Crippen molar-refractivity contribution in [1.82, 2.24) is 4.98 Å². The van der Waals surface area contributed by atoms with Crippen molar-refractivity contribution in [2.75, 3.05) is 4.72 Å². The van der Waals surface area contributed by atoms with Gasteiger partial charge in [-0.25, -0.2) is 4.79 Å². The van der Waals surface area contributed by atoms with Gasteiger partial charge in [0.1, 0.15) is 0 Å². The average Bonchev–Trinajstić information content (AvgIpc) is 2.78. The van der Waals surface area contributed by atoms with Crippen LogP contribution in [0.4, 0.5) is 5.69 Å². The number of nitrogens with zero attached hydrogens (tertiary/aromatic N) is 1. The number of aromatic nitrogens is 1. The number of pyridine rings is 1. The summed E-state index contributed by atoms with van der Waals surface area (Å²) < 4.78 is 30.8. The summed E-state index contributed by atoms with van der Waals surface area (Å²) in [6, 6.07) is 3.74. The molecule has 0 radical (unpaired) electrons. The molecule has 0 saturated carbocycles. The van der Waals surface area contributed by atoms with Gasteiger partial charge in [0.2, 0.25) is 10.9 Å². The van der Waals surface area contributed by atoms with Crippen molar-refractivity contribution in [1.29, 1.82) is 0 Å². The van der Waals surface area contributed by atoms with Crippen LogP contribution in [0.3, 0.4) is 0 Å². The van der Waals surface area contributed by atoms with E-state index in [2.05, 4.69) is 9.71 Å². The molecule has 0 unspecified atom stereocenters. The molecule has 19 heavy (non-hydrogen) atoms. The number of aryl methyl sites for hydroxylation is 1. The third-order valence-corrected chi connectivity index (χ3v) is 3.44. The van der Waals surface area contributed by atoms with Gasteiger partial charge in [-0.2, -0.15) is 8.42 Å². The highest BCUT2D eigenvalue weighted by Crippen LogP contribution is 2.18. The highest BCUT2D eigenvalue weighted by atomic mass is 32.2. The van der Waals surface area contributed by atoms with E-state index in [4.69, 9.17) is 9.52 Å². The number of furan rings is 1. The lowest BCUT2D eigenvalue weighted by Crippen LogP contribution is -2.12. The summed E-state index contributed by atoms with van der Waals surface area (Å²) in [4.78, 5) is 14.5. The molecule has 0 aliphatic heterocycles. The molecule has 0 aromatic carbocycles. The Morgan fingerprint density at radius 3 is 2.68 bits per heavy atom. The van der Waals surface area contributed by atoms with Crippen LogP contribution in [0.2, 0.25) is 0 Å². The van der Waals surface area contributed by atoms with E-state index < -0.39 is 26.8 Å². The van der Waals surface area contributed by atoms with Crippen LogP contribution in [0.5, 0.6) is 0 Å². The molecule has 0 bridgehead atoms. The van der Waals surface area contributed by atoms with Gasteiger partial charge in [0, 0.05) is 6.20 Å². The molecular weight excluding hydrogens is 272 g/mol. The van der Waals surface area contributed by atoms with Crippen molar-refractivity contribution in [3.63, 3.8) is 0 Å². The van der Waals surface area contributed by atoms with Gasteiger partial charge in [0.05, 0.1) is 11.9 Å². The molecule has 2 rings (SSSR count). The molecule has 0 saturated heterocycles. The van der Waals surface area contributed by atoms with Crippen LogP contribution in [0.1, 0.15) is 16.1 Å². The highest BCUT2D eigenvalue weighted by Gasteiger charge is 2.21. The zero-order valence-electron chi connectivity index (χ0n) is 9.82. The second-order valence-corrected chi connectivity index (χ2v) is 5.39. The Bertz CT molecular complexity index is 720. The predicted molar refractivity (Wildman–Crippen MR) is 65.4 cm³/mol. The summed E-state index contributed by atoms with van der Waals surface area (Å²) in [5.41, 5.74) is 1.05. The number of sulfonamides is 1. The van der Waals surface area contributed by atoms with Crippen LogP contribution in [0, 0.1) is 6.92 Å². The smallest absolute Gasteiger partial charge is 0.371 e. The Morgan fingerprint density at radius 2 is 2.11 bits per heavy atom. The SMILES string of the molecule is Cc1cncc(NS(=O)(=O)c2ccc(C(=O)O)o2)c1. The molecule has 2 heterocycles. The van der Waals surface area contributed by atoms with E-state index in [1.807, 2.05) is 0 Å². The second-order valence-electron chi connectivity index (χ2n) is 3.78. The summed E-state index contributed by atoms with van der Waals surface area (Å²) in [5.74, 6) is -1.78. The Morgan fingerprint density at radius 1 is 1.37 bits per heavy atom. The van der Waals surface area contributed by atoms with Crippen molar-refractivity contribution < 1.29 is 22.7 Å². The quantitative estimate of drug-likeness (QED) is 0.879. The van der Waals surface area contributed by atoms with Crippen LogP contribution in [0.15, 0.2) is 40.1 Å². The summed E-state index contributed by atoms with van der Waals surface area (Å²) in [6.45, 7) is 1.76. The minimum Gasteiger partial charge on any atom is -0.475 e. The number of carboxylic acids is 1. The summed E-state index contributed by atoms with van der Waals surface area (Å²) in [5, 5.41) is 8.20. The van der Waals surface area contributed by atoms with Crippen molar-refractivity contribution in [2.24, 2.45) is 0 Å². The van der Waals surface area contributed by atoms with Gasteiger partial charge < -0.3 is 9.52 Å². The Labute approximate surface area is 108 Å². The number of nitrogens with one attached hydrogen (secondary N) is 1. The average molecular weight is 282 g/mol. The maximum Gasteiger partial charge on any atom is 0.371 e. The van der Waals surface area contributed by atoms with Crippen molar-refractivity contribution in [3.05, 3.63) is 41.9 Å². The van der Waals surface area contributed by atoms with E-state index in [0.717, 1.165) is 17.7 Å². The van der Waals surface area contributed by atoms with Gasteiger partial charge in [-0.1, -0.05) is 0 Å². The van der Waals surface area contributed by atoms with E-state index in [1.165, 1.54) is 6.20 Å². The Kier molecular flexibility index (Phi) is 3.26. The largest absolute Gasteiger partial charge is 0.475 e. The standard InChI is InChI=1S/C11H10N2O5S/c1-7-4-8(6-12-5-7)13-19(16,17)10-3-2-9(18-10)11(14)15/h2-6,13H,1H3,(H,14,15). The molecule has 2 aromatic rings. The lowest BCUT2D eigenvalue weighted by atomic mass is 10.3. The number of hydrogen-bond acceptors (Lipinski definition) is 5. The van der Waals surface area contributed by atoms with Gasteiger partial charge in [-0.15, -0.1) is 0 Å². The molecule has 0 amide bonds. The first-order valence-corrected chi connectivity index (χ1v) is 6.64. The molecule has 0 aliphatic rings. The third-order valence-electron chi connectivity index (χ3n) is 2.18. The first kappa shape index (κ1) is 13.1. The minimum atomic E-state index is -3.96. The number of rotatable bonds is 4. The molecule has 2 N–H and O–H groups in total. The number of carbonyl (C=O) groups is 1. The molecule has 7 nitrogen and oxygen atoms in total. The van der Waals surface area contributed by atoms with Crippen LogP contribution in [-0.4, -0.2) is 24.5 Å². The number of carboxylic acid groups (broad SMARTS) is 1. The first-order chi connectivity index (χ1) is 8.88. The summed E-state index contributed by atoms with van der Waals surface area (Å²) in [6.07, 6.45) is 2.92. The normalized spacial score (nSPS) is 11.2. The zero-order chi connectivity index (χ0) is 14.0. The van der Waals surface area contributed by atoms with Crippen LogP contribution >= 0.6 is 0 Å². The van der Waals surface area contributed by atoms with E-state index in [9.17, 15) is 13.2 Å². The van der Waals surface area contributed by atoms with Gasteiger partial charge in [-0.3, -0.25) is 9.71 Å². The molecule has 0 spiro atoms. The third kappa shape index (κ3) is 2.91. The van der Waals surface area contributed by atoms with E-state index in [0.29, 0.717) is 0 Å². The van der Waals surface area contributed by atoms with Crippen LogP contribution in [-0.2, 0) is 10.0 Å². The number of anilines is 1. The zero-order valence-corrected chi connectivity index (χ0v) is 10.6. The number of aromatic carboxylic acids is 1. The molecule has 0 atom stereocenters. The molecular formula is C11H10N2O5S. The van der Waals surface area contributed by atoms with Crippen LogP contribution < -0.4 is 4.72 Å². The highest BCUT2D eigenvalue weighted by molar-refractivity contribution is 7.92. The van der Waals surface area contributed by atoms with E-state index >= 15 is 0 Å². The fraction of sp³-hybridized carbons (Fsp3) is 0.0909. The number of hydrogen-bond donors (Lipinski definition) is 2. The monoisotopic (exact) mass is 282 g/mol. The predicted octanol–water partition coefficient (Wildman–Crippen LogP) is 1.48. The van der Waals surface area contributed by atoms with Gasteiger partial charge in [0.25, 0.3) is 10.0 Å². The summed E-state index contributed by atoms with van der Waals surface area (Å²) >= 11 is 0. The molecule has 0 aliphatic carbocycles. The van der Waals surface area contributed by atoms with Gasteiger partial charge in [0.15, 0.2) is 0 Å². The van der Waals surface area contributed by atoms with Crippen molar-refractivity contribution >= 4 is 21.7 Å². The summed E-state index contributed by atoms with van der Waals surface area (Å²) in [7, 11) is -3.96. The lowest BCUT2D eigenvalue weighted by Gasteiger charge is -2.05. The van der Waals surface area contributed by atoms with Gasteiger partial charge >= 0.3 is 5.97 Å². The molecule has 2 aromatic heterocycles. The van der Waals surface area contributed by atoms with Crippen LogP contribution in [0.25, 0.3) is 0 Å². The van der Waals surface area contributed by atoms with E-state index in [-0.39, 0.29) is 5.69 Å². The second kappa shape index (κ2) is 4.73. The maximum absolute atomic E-state index is 11.9. The Hall–Kier alpha value is -2.35. The topological polar surface area (TPSA) is 110 Å². The first-order valence-electron chi connectivity index (χ1n) is 5.16. The fourth-order valence-corrected chi connectivity index (χ4v) is 2.36. The maximum atomic E-state index is 11.9. The van der Waals surface area contributed by atoms with Crippen molar-refractivity contribution in [2.45, 2.75) is 12.0 Å². The van der Waals surface area contributed by atoms with Crippen molar-refractivity contribution in [3.8, 4) is 0 Å².